The second kappa shape index (κ2) is 7.04. The van der Waals surface area contributed by atoms with E-state index in [4.69, 9.17) is 12.2 Å². The third-order valence-corrected chi connectivity index (χ3v) is 2.38. The average molecular weight is 301 g/mol. The van der Waals surface area contributed by atoms with Crippen LogP contribution >= 0.6 is 12.2 Å². The molecule has 0 amide bonds. The summed E-state index contributed by atoms with van der Waals surface area (Å²) in [5.41, 5.74) is 3.02. The smallest absolute Gasteiger partial charge is 0.358 e. The third-order valence-electron chi connectivity index (χ3n) is 2.14. The van der Waals surface area contributed by atoms with Crippen LogP contribution < -0.4 is 10.7 Å². The molecule has 1 rings (SSSR count). The fourth-order valence-corrected chi connectivity index (χ4v) is 1.36. The van der Waals surface area contributed by atoms with Crippen LogP contribution in [-0.2, 0) is 6.18 Å². The van der Waals surface area contributed by atoms with Crippen molar-refractivity contribution < 1.29 is 13.2 Å². The van der Waals surface area contributed by atoms with E-state index in [9.17, 15) is 13.2 Å². The number of rotatable bonds is 4. The topological polar surface area (TPSA) is 36.4 Å². The van der Waals surface area contributed by atoms with Gasteiger partial charge in [0.15, 0.2) is 5.11 Å². The number of benzene rings is 1. The van der Waals surface area contributed by atoms with Crippen molar-refractivity contribution in [2.24, 2.45) is 5.10 Å². The second-order valence-electron chi connectivity index (χ2n) is 4.13. The number of hydrazone groups is 1. The maximum atomic E-state index is 12.5. The van der Waals surface area contributed by atoms with E-state index in [0.29, 0.717) is 12.1 Å². The lowest BCUT2D eigenvalue weighted by atomic mass is 10.1. The van der Waals surface area contributed by atoms with Gasteiger partial charge in [-0.2, -0.15) is 18.3 Å². The summed E-state index contributed by atoms with van der Waals surface area (Å²) in [6, 6.07) is 4.85. The third kappa shape index (κ3) is 5.83. The lowest BCUT2D eigenvalue weighted by Crippen LogP contribution is -2.32. The SMILES string of the molecule is C=C(C)CNC(=S)N/N=C/c1cccc(C(F)(F)F)c1. The summed E-state index contributed by atoms with van der Waals surface area (Å²) in [6.45, 7) is 6.03. The molecule has 1 aromatic rings. The zero-order valence-electron chi connectivity index (χ0n) is 10.8. The molecule has 0 saturated heterocycles. The van der Waals surface area contributed by atoms with E-state index < -0.39 is 11.7 Å². The van der Waals surface area contributed by atoms with E-state index in [0.717, 1.165) is 17.7 Å². The van der Waals surface area contributed by atoms with Gasteiger partial charge in [-0.3, -0.25) is 5.43 Å². The lowest BCUT2D eigenvalue weighted by molar-refractivity contribution is -0.137. The molecule has 0 spiro atoms. The summed E-state index contributed by atoms with van der Waals surface area (Å²) < 4.78 is 37.5. The van der Waals surface area contributed by atoms with Crippen molar-refractivity contribution >= 4 is 23.5 Å². The summed E-state index contributed by atoms with van der Waals surface area (Å²) in [5.74, 6) is 0. The van der Waals surface area contributed by atoms with Gasteiger partial charge in [0, 0.05) is 6.54 Å². The van der Waals surface area contributed by atoms with E-state index in [1.54, 1.807) is 0 Å². The van der Waals surface area contributed by atoms with E-state index in [-0.39, 0.29) is 5.11 Å². The second-order valence-corrected chi connectivity index (χ2v) is 4.54. The number of halogens is 3. The van der Waals surface area contributed by atoms with Crippen LogP contribution in [-0.4, -0.2) is 17.9 Å². The molecule has 0 heterocycles. The molecule has 3 nitrogen and oxygen atoms in total. The van der Waals surface area contributed by atoms with Crippen molar-refractivity contribution in [2.75, 3.05) is 6.54 Å². The molecule has 20 heavy (non-hydrogen) atoms. The van der Waals surface area contributed by atoms with Crippen LogP contribution in [0.4, 0.5) is 13.2 Å². The predicted molar refractivity (Wildman–Crippen MR) is 77.6 cm³/mol. The molecule has 0 aromatic heterocycles. The van der Waals surface area contributed by atoms with Gasteiger partial charge in [-0.05, 0) is 36.8 Å². The van der Waals surface area contributed by atoms with Gasteiger partial charge in [0.1, 0.15) is 0 Å². The zero-order chi connectivity index (χ0) is 15.2. The number of hydrogen-bond donors (Lipinski definition) is 2. The standard InChI is InChI=1S/C13H14F3N3S/c1-9(2)7-17-12(20)19-18-8-10-4-3-5-11(6-10)13(14,15)16/h3-6,8H,1,7H2,2H3,(H2,17,19,20)/b18-8+. The fourth-order valence-electron chi connectivity index (χ4n) is 1.23. The molecular formula is C13H14F3N3S. The van der Waals surface area contributed by atoms with Gasteiger partial charge in [-0.1, -0.05) is 24.3 Å². The number of hydrogen-bond acceptors (Lipinski definition) is 2. The molecule has 0 unspecified atom stereocenters. The molecular weight excluding hydrogens is 287 g/mol. The van der Waals surface area contributed by atoms with Crippen LogP contribution in [0.15, 0.2) is 41.5 Å². The first-order valence-electron chi connectivity index (χ1n) is 5.67. The highest BCUT2D eigenvalue weighted by atomic mass is 32.1. The molecule has 7 heteroatoms. The molecule has 0 fully saturated rings. The Hall–Kier alpha value is -1.89. The van der Waals surface area contributed by atoms with Gasteiger partial charge in [0.05, 0.1) is 11.8 Å². The van der Waals surface area contributed by atoms with Crippen LogP contribution in [0.3, 0.4) is 0 Å². The summed E-state index contributed by atoms with van der Waals surface area (Å²) in [6.07, 6.45) is -3.10. The van der Waals surface area contributed by atoms with Crippen LogP contribution in [0.5, 0.6) is 0 Å². The van der Waals surface area contributed by atoms with E-state index in [1.807, 2.05) is 6.92 Å². The fraction of sp³-hybridized carbons (Fsp3) is 0.231. The molecule has 1 aromatic carbocycles. The van der Waals surface area contributed by atoms with Crippen LogP contribution in [0, 0.1) is 0 Å². The maximum absolute atomic E-state index is 12.5. The van der Waals surface area contributed by atoms with Crippen LogP contribution in [0.1, 0.15) is 18.1 Å². The molecule has 0 aliphatic heterocycles. The molecule has 0 saturated carbocycles. The van der Waals surface area contributed by atoms with Gasteiger partial charge in [-0.15, -0.1) is 0 Å². The van der Waals surface area contributed by atoms with Crippen molar-refractivity contribution in [3.63, 3.8) is 0 Å². The van der Waals surface area contributed by atoms with Gasteiger partial charge < -0.3 is 5.32 Å². The molecule has 108 valence electrons. The minimum atomic E-state index is -4.37. The molecule has 0 radical (unpaired) electrons. The van der Waals surface area contributed by atoms with Crippen molar-refractivity contribution in [2.45, 2.75) is 13.1 Å². The Morgan fingerprint density at radius 3 is 2.75 bits per heavy atom. The van der Waals surface area contributed by atoms with Crippen molar-refractivity contribution in [3.05, 3.63) is 47.5 Å². The number of nitrogens with one attached hydrogen (secondary N) is 2. The lowest BCUT2D eigenvalue weighted by Gasteiger charge is -2.07. The van der Waals surface area contributed by atoms with Crippen molar-refractivity contribution in [3.8, 4) is 0 Å². The number of thiocarbonyl (C=S) groups is 1. The van der Waals surface area contributed by atoms with Crippen LogP contribution in [0.2, 0.25) is 0 Å². The zero-order valence-corrected chi connectivity index (χ0v) is 11.6. The maximum Gasteiger partial charge on any atom is 0.416 e. The Morgan fingerprint density at radius 2 is 2.15 bits per heavy atom. The highest BCUT2D eigenvalue weighted by molar-refractivity contribution is 7.80. The molecule has 2 N–H and O–H groups in total. The Bertz CT molecular complexity index is 524. The van der Waals surface area contributed by atoms with Crippen LogP contribution in [0.25, 0.3) is 0 Å². The molecule has 0 aliphatic rings. The first kappa shape index (κ1) is 16.2. The monoisotopic (exact) mass is 301 g/mol. The van der Waals surface area contributed by atoms with Crippen molar-refractivity contribution in [1.82, 2.24) is 10.7 Å². The van der Waals surface area contributed by atoms with Crippen molar-refractivity contribution in [1.29, 1.82) is 0 Å². The number of alkyl halides is 3. The van der Waals surface area contributed by atoms with E-state index in [1.165, 1.54) is 18.3 Å². The summed E-state index contributed by atoms with van der Waals surface area (Å²) in [4.78, 5) is 0. The highest BCUT2D eigenvalue weighted by Gasteiger charge is 2.30. The summed E-state index contributed by atoms with van der Waals surface area (Å²) in [5, 5.41) is 6.87. The van der Waals surface area contributed by atoms with E-state index >= 15 is 0 Å². The Kier molecular flexibility index (Phi) is 5.69. The normalized spacial score (nSPS) is 11.4. The van der Waals surface area contributed by atoms with Gasteiger partial charge in [0.25, 0.3) is 0 Å². The summed E-state index contributed by atoms with van der Waals surface area (Å²) >= 11 is 4.92. The Labute approximate surface area is 120 Å². The van der Waals surface area contributed by atoms with Gasteiger partial charge in [-0.25, -0.2) is 0 Å². The largest absolute Gasteiger partial charge is 0.416 e. The molecule has 0 aliphatic carbocycles. The quantitative estimate of drug-likeness (QED) is 0.388. The minimum Gasteiger partial charge on any atom is -0.358 e. The molecule has 0 atom stereocenters. The number of nitrogens with zero attached hydrogens (tertiary/aromatic N) is 1. The van der Waals surface area contributed by atoms with E-state index in [2.05, 4.69) is 22.4 Å². The minimum absolute atomic E-state index is 0.274. The predicted octanol–water partition coefficient (Wildman–Crippen LogP) is 3.08. The first-order chi connectivity index (χ1) is 9.29. The van der Waals surface area contributed by atoms with Gasteiger partial charge >= 0.3 is 6.18 Å². The first-order valence-corrected chi connectivity index (χ1v) is 6.08. The Morgan fingerprint density at radius 1 is 1.45 bits per heavy atom. The Balaban J connectivity index is 2.58. The average Bonchev–Trinajstić information content (AvgIpc) is 2.36. The molecule has 0 bridgehead atoms. The highest BCUT2D eigenvalue weighted by Crippen LogP contribution is 2.29. The van der Waals surface area contributed by atoms with Gasteiger partial charge in [0.2, 0.25) is 0 Å². The summed E-state index contributed by atoms with van der Waals surface area (Å²) in [7, 11) is 0.